The van der Waals surface area contributed by atoms with Gasteiger partial charge in [-0.1, -0.05) is 0 Å². The molecule has 5 N–H and O–H groups in total. The van der Waals surface area contributed by atoms with E-state index in [9.17, 15) is 19.2 Å². The van der Waals surface area contributed by atoms with Crippen molar-refractivity contribution < 1.29 is 34.5 Å². The van der Waals surface area contributed by atoms with Gasteiger partial charge in [0.05, 0.1) is 18.9 Å². The van der Waals surface area contributed by atoms with E-state index < -0.39 is 54.3 Å². The average molecular weight is 304 g/mol. The third kappa shape index (κ3) is 8.58. The summed E-state index contributed by atoms with van der Waals surface area (Å²) in [5.74, 6) is -5.00. The Bertz CT molecular complexity index is 428. The smallest absolute Gasteiger partial charge is 0.326 e. The monoisotopic (exact) mass is 304 g/mol. The molecule has 0 rings (SSSR count). The van der Waals surface area contributed by atoms with Gasteiger partial charge in [-0.3, -0.25) is 14.4 Å². The molecule has 120 valence electrons. The van der Waals surface area contributed by atoms with E-state index in [4.69, 9.17) is 15.3 Å². The van der Waals surface area contributed by atoms with Crippen molar-refractivity contribution in [3.05, 3.63) is 0 Å². The Morgan fingerprint density at radius 1 is 0.905 bits per heavy atom. The van der Waals surface area contributed by atoms with Crippen molar-refractivity contribution in [1.82, 2.24) is 10.6 Å². The molecule has 0 spiro atoms. The summed E-state index contributed by atoms with van der Waals surface area (Å²) in [6.45, 7) is 5.13. The third-order valence-corrected chi connectivity index (χ3v) is 2.30. The van der Waals surface area contributed by atoms with Gasteiger partial charge in [-0.05, 0) is 20.8 Å². The SMILES string of the molecule is CC(C)(C)N[C@H](CC(=O)O)C(=O)NC(CC(=O)O)C(=O)O. The lowest BCUT2D eigenvalue weighted by Gasteiger charge is -2.27. The number of aliphatic carboxylic acids is 3. The molecule has 0 radical (unpaired) electrons. The maximum absolute atomic E-state index is 12.0. The molecule has 21 heavy (non-hydrogen) atoms. The molecule has 9 nitrogen and oxygen atoms in total. The van der Waals surface area contributed by atoms with Crippen molar-refractivity contribution in [3.63, 3.8) is 0 Å². The summed E-state index contributed by atoms with van der Waals surface area (Å²) in [6, 6.07) is -2.79. The number of carboxylic acid groups (broad SMARTS) is 3. The van der Waals surface area contributed by atoms with Crippen LogP contribution in [-0.2, 0) is 19.2 Å². The largest absolute Gasteiger partial charge is 0.481 e. The molecule has 0 aliphatic heterocycles. The Hall–Kier alpha value is -2.16. The molecule has 0 aromatic rings. The molecular formula is C12H20N2O7. The minimum atomic E-state index is -1.62. The summed E-state index contributed by atoms with van der Waals surface area (Å²) in [5.41, 5.74) is -0.580. The van der Waals surface area contributed by atoms with E-state index in [1.807, 2.05) is 5.32 Å². The number of nitrogens with one attached hydrogen (secondary N) is 2. The first kappa shape index (κ1) is 18.8. The Kier molecular flexibility index (Phi) is 6.80. The summed E-state index contributed by atoms with van der Waals surface area (Å²) in [5, 5.41) is 31.0. The maximum Gasteiger partial charge on any atom is 0.326 e. The summed E-state index contributed by atoms with van der Waals surface area (Å²) in [4.78, 5) is 44.2. The number of hydrogen-bond donors (Lipinski definition) is 5. The van der Waals surface area contributed by atoms with E-state index >= 15 is 0 Å². The highest BCUT2D eigenvalue weighted by atomic mass is 16.4. The molecule has 0 fully saturated rings. The van der Waals surface area contributed by atoms with E-state index in [1.54, 1.807) is 20.8 Å². The summed E-state index contributed by atoms with van der Waals surface area (Å²) in [7, 11) is 0. The molecule has 1 amide bonds. The number of rotatable bonds is 8. The number of carbonyl (C=O) groups excluding carboxylic acids is 1. The summed E-state index contributed by atoms with van der Waals surface area (Å²) in [6.07, 6.45) is -1.35. The Morgan fingerprint density at radius 3 is 1.67 bits per heavy atom. The van der Waals surface area contributed by atoms with Crippen LogP contribution in [0.3, 0.4) is 0 Å². The number of carboxylic acids is 3. The highest BCUT2D eigenvalue weighted by Gasteiger charge is 2.30. The van der Waals surface area contributed by atoms with Gasteiger partial charge in [0.15, 0.2) is 0 Å². The van der Waals surface area contributed by atoms with Crippen molar-refractivity contribution in [3.8, 4) is 0 Å². The van der Waals surface area contributed by atoms with Crippen LogP contribution in [0.2, 0.25) is 0 Å². The van der Waals surface area contributed by atoms with Crippen LogP contribution in [0.5, 0.6) is 0 Å². The topological polar surface area (TPSA) is 153 Å². The molecule has 0 aliphatic rings. The molecule has 1 unspecified atom stereocenters. The number of amides is 1. The lowest BCUT2D eigenvalue weighted by molar-refractivity contribution is -0.148. The zero-order valence-electron chi connectivity index (χ0n) is 12.0. The predicted molar refractivity (Wildman–Crippen MR) is 70.7 cm³/mol. The van der Waals surface area contributed by atoms with Crippen molar-refractivity contribution >= 4 is 23.8 Å². The molecule has 0 saturated carbocycles. The molecule has 0 saturated heterocycles. The first-order valence-corrected chi connectivity index (χ1v) is 6.17. The second-order valence-corrected chi connectivity index (χ2v) is 5.54. The van der Waals surface area contributed by atoms with Crippen molar-refractivity contribution in [1.29, 1.82) is 0 Å². The first-order valence-electron chi connectivity index (χ1n) is 6.17. The third-order valence-electron chi connectivity index (χ3n) is 2.30. The molecule has 0 aliphatic carbocycles. The normalized spacial score (nSPS) is 14.0. The Morgan fingerprint density at radius 2 is 1.33 bits per heavy atom. The zero-order valence-corrected chi connectivity index (χ0v) is 12.0. The van der Waals surface area contributed by atoms with Gasteiger partial charge in [0.1, 0.15) is 6.04 Å². The second kappa shape index (κ2) is 7.58. The Labute approximate surface area is 121 Å². The molecule has 0 heterocycles. The van der Waals surface area contributed by atoms with Crippen LogP contribution in [0.1, 0.15) is 33.6 Å². The summed E-state index contributed by atoms with van der Waals surface area (Å²) >= 11 is 0. The lowest BCUT2D eigenvalue weighted by Crippen LogP contribution is -2.55. The van der Waals surface area contributed by atoms with Crippen LogP contribution < -0.4 is 10.6 Å². The molecular weight excluding hydrogens is 284 g/mol. The lowest BCUT2D eigenvalue weighted by atomic mass is 10.0. The van der Waals surface area contributed by atoms with E-state index in [-0.39, 0.29) is 0 Å². The van der Waals surface area contributed by atoms with E-state index in [1.165, 1.54) is 0 Å². The molecule has 0 aromatic heterocycles. The molecule has 2 atom stereocenters. The highest BCUT2D eigenvalue weighted by molar-refractivity contribution is 5.91. The van der Waals surface area contributed by atoms with Gasteiger partial charge >= 0.3 is 17.9 Å². The molecule has 9 heteroatoms. The average Bonchev–Trinajstić information content (AvgIpc) is 2.23. The number of hydrogen-bond acceptors (Lipinski definition) is 5. The molecule has 0 aromatic carbocycles. The van der Waals surface area contributed by atoms with Crippen LogP contribution in [-0.4, -0.2) is 56.8 Å². The van der Waals surface area contributed by atoms with Crippen LogP contribution in [0.4, 0.5) is 0 Å². The standard InChI is InChI=1S/C12H20N2O7/c1-12(2,3)14-6(4-8(15)16)10(19)13-7(11(20)21)5-9(17)18/h6-7,14H,4-5H2,1-3H3,(H,13,19)(H,15,16)(H,17,18)(H,20,21)/t6-,7?/m1/s1. The fourth-order valence-corrected chi connectivity index (χ4v) is 1.55. The zero-order chi connectivity index (χ0) is 16.8. The van der Waals surface area contributed by atoms with Crippen molar-refractivity contribution in [2.75, 3.05) is 0 Å². The van der Waals surface area contributed by atoms with Gasteiger partial charge in [-0.15, -0.1) is 0 Å². The Balaban J connectivity index is 4.96. The van der Waals surface area contributed by atoms with Crippen LogP contribution in [0.15, 0.2) is 0 Å². The van der Waals surface area contributed by atoms with Gasteiger partial charge in [0, 0.05) is 5.54 Å². The highest BCUT2D eigenvalue weighted by Crippen LogP contribution is 2.05. The first-order chi connectivity index (χ1) is 9.42. The van der Waals surface area contributed by atoms with E-state index in [0.29, 0.717) is 0 Å². The molecule has 0 bridgehead atoms. The fraction of sp³-hybridized carbons (Fsp3) is 0.667. The van der Waals surface area contributed by atoms with E-state index in [2.05, 4.69) is 5.32 Å². The van der Waals surface area contributed by atoms with Crippen molar-refractivity contribution in [2.45, 2.75) is 51.2 Å². The fourth-order valence-electron chi connectivity index (χ4n) is 1.55. The van der Waals surface area contributed by atoms with E-state index in [0.717, 1.165) is 0 Å². The number of carbonyl (C=O) groups is 4. The quantitative estimate of drug-likeness (QED) is 0.393. The van der Waals surface area contributed by atoms with Gasteiger partial charge in [-0.25, -0.2) is 4.79 Å². The van der Waals surface area contributed by atoms with Crippen LogP contribution in [0, 0.1) is 0 Å². The minimum Gasteiger partial charge on any atom is -0.481 e. The van der Waals surface area contributed by atoms with Gasteiger partial charge < -0.3 is 26.0 Å². The van der Waals surface area contributed by atoms with Gasteiger partial charge in [-0.2, -0.15) is 0 Å². The van der Waals surface area contributed by atoms with Crippen molar-refractivity contribution in [2.24, 2.45) is 0 Å². The summed E-state index contributed by atoms with van der Waals surface area (Å²) < 4.78 is 0. The van der Waals surface area contributed by atoms with Gasteiger partial charge in [0.25, 0.3) is 0 Å². The maximum atomic E-state index is 12.0. The van der Waals surface area contributed by atoms with Crippen LogP contribution >= 0.6 is 0 Å². The second-order valence-electron chi connectivity index (χ2n) is 5.54. The predicted octanol–water partition coefficient (Wildman–Crippen LogP) is -0.738. The van der Waals surface area contributed by atoms with Gasteiger partial charge in [0.2, 0.25) is 5.91 Å². The van der Waals surface area contributed by atoms with Crippen LogP contribution in [0.25, 0.3) is 0 Å². The minimum absolute atomic E-state index is 0.553.